The van der Waals surface area contributed by atoms with Crippen molar-refractivity contribution in [2.75, 3.05) is 20.3 Å². The Bertz CT molecular complexity index is 1300. The van der Waals surface area contributed by atoms with Crippen molar-refractivity contribution in [2.24, 2.45) is 0 Å². The van der Waals surface area contributed by atoms with Crippen LogP contribution in [0.1, 0.15) is 11.1 Å². The number of non-ortho nitro benzene ring substituents is 1. The second kappa shape index (κ2) is 11.7. The van der Waals surface area contributed by atoms with E-state index in [1.165, 1.54) is 23.1 Å². The monoisotopic (exact) mass is 522 g/mol. The molecule has 0 radical (unpaired) electrons. The Balaban J connectivity index is 1.47. The van der Waals surface area contributed by atoms with E-state index in [1.54, 1.807) is 37.5 Å². The smallest absolute Gasteiger partial charge is 0.270 e. The number of carbonyl (C=O) groups excluding carboxylic acids is 1. The fourth-order valence-electron chi connectivity index (χ4n) is 3.42. The number of hydrogen-bond donors (Lipinski definition) is 0. The number of thiocarbonyl (C=S) groups is 1. The molecule has 0 saturated carbocycles. The number of amides is 1. The number of thioether (sulfide) groups is 1. The molecule has 0 unspecified atom stereocenters. The first kappa shape index (κ1) is 25.2. The average molecular weight is 523 g/mol. The number of hydrogen-bond acceptors (Lipinski definition) is 8. The van der Waals surface area contributed by atoms with Crippen LogP contribution in [0.2, 0.25) is 0 Å². The quantitative estimate of drug-likeness (QED) is 0.114. The number of carbonyl (C=O) groups is 1. The summed E-state index contributed by atoms with van der Waals surface area (Å²) in [6, 6.07) is 20.9. The molecule has 1 saturated heterocycles. The molecular weight excluding hydrogens is 500 g/mol. The van der Waals surface area contributed by atoms with Crippen LogP contribution in [0, 0.1) is 10.1 Å². The minimum absolute atomic E-state index is 0.108. The van der Waals surface area contributed by atoms with E-state index < -0.39 is 4.92 Å². The van der Waals surface area contributed by atoms with Crippen molar-refractivity contribution in [1.29, 1.82) is 0 Å². The zero-order chi connectivity index (χ0) is 25.5. The van der Waals surface area contributed by atoms with Gasteiger partial charge in [-0.2, -0.15) is 0 Å². The van der Waals surface area contributed by atoms with Crippen LogP contribution in [0.3, 0.4) is 0 Å². The maximum Gasteiger partial charge on any atom is 0.270 e. The second-order valence-corrected chi connectivity index (χ2v) is 9.28. The van der Waals surface area contributed by atoms with E-state index in [-0.39, 0.29) is 24.8 Å². The summed E-state index contributed by atoms with van der Waals surface area (Å²) in [7, 11) is 1.59. The predicted octanol–water partition coefficient (Wildman–Crippen LogP) is 5.46. The van der Waals surface area contributed by atoms with E-state index in [1.807, 2.05) is 30.3 Å². The van der Waals surface area contributed by atoms with Gasteiger partial charge in [-0.1, -0.05) is 54.3 Å². The Morgan fingerprint density at radius 1 is 1.00 bits per heavy atom. The molecule has 1 heterocycles. The Labute approximate surface area is 217 Å². The van der Waals surface area contributed by atoms with Gasteiger partial charge in [-0.25, -0.2) is 0 Å². The highest BCUT2D eigenvalue weighted by Crippen LogP contribution is 2.36. The van der Waals surface area contributed by atoms with Crippen LogP contribution < -0.4 is 14.2 Å². The third kappa shape index (κ3) is 6.21. The molecule has 0 spiro atoms. The van der Waals surface area contributed by atoms with Gasteiger partial charge in [0.15, 0.2) is 0 Å². The van der Waals surface area contributed by atoms with E-state index in [9.17, 15) is 14.9 Å². The molecule has 0 bridgehead atoms. The summed E-state index contributed by atoms with van der Waals surface area (Å²) >= 11 is 6.58. The van der Waals surface area contributed by atoms with Gasteiger partial charge in [-0.3, -0.25) is 19.8 Å². The Morgan fingerprint density at radius 2 is 1.69 bits per heavy atom. The first-order valence-electron chi connectivity index (χ1n) is 10.9. The van der Waals surface area contributed by atoms with Gasteiger partial charge in [0.1, 0.15) is 34.8 Å². The predicted molar refractivity (Wildman–Crippen MR) is 142 cm³/mol. The number of nitro groups is 1. The molecule has 4 rings (SSSR count). The van der Waals surface area contributed by atoms with E-state index in [2.05, 4.69) is 0 Å². The molecular formula is C26H22N2O6S2. The van der Waals surface area contributed by atoms with Crippen LogP contribution >= 0.6 is 24.0 Å². The Morgan fingerprint density at radius 3 is 2.39 bits per heavy atom. The van der Waals surface area contributed by atoms with Gasteiger partial charge in [0.25, 0.3) is 11.6 Å². The van der Waals surface area contributed by atoms with E-state index in [0.29, 0.717) is 32.8 Å². The molecule has 36 heavy (non-hydrogen) atoms. The highest BCUT2D eigenvalue weighted by atomic mass is 32.2. The zero-order valence-electron chi connectivity index (χ0n) is 19.3. The van der Waals surface area contributed by atoms with Gasteiger partial charge in [-0.15, -0.1) is 0 Å². The number of methoxy groups -OCH3 is 1. The molecule has 1 aliphatic rings. The first-order chi connectivity index (χ1) is 17.4. The SMILES string of the molecule is COc1ccc(OCCOc2ccc([N+](=O)[O-])cc2/C=C2\SC(=S)N(Cc3ccccc3)C2=O)cc1. The van der Waals surface area contributed by atoms with Crippen LogP contribution in [0.5, 0.6) is 17.2 Å². The van der Waals surface area contributed by atoms with Gasteiger partial charge < -0.3 is 14.2 Å². The molecule has 0 atom stereocenters. The normalized spacial score (nSPS) is 14.2. The van der Waals surface area contributed by atoms with Crippen molar-refractivity contribution < 1.29 is 23.9 Å². The lowest BCUT2D eigenvalue weighted by atomic mass is 10.1. The van der Waals surface area contributed by atoms with Crippen molar-refractivity contribution in [2.45, 2.75) is 6.54 Å². The standard InChI is InChI=1S/C26H22N2O6S2/c1-32-21-8-10-22(11-9-21)33-13-14-34-23-12-7-20(28(30)31)15-19(23)16-24-25(29)27(26(35)36-24)17-18-5-3-2-4-6-18/h2-12,15-16H,13-14,17H2,1H3/b24-16-. The van der Waals surface area contributed by atoms with Gasteiger partial charge in [0.2, 0.25) is 0 Å². The third-order valence-electron chi connectivity index (χ3n) is 5.22. The molecule has 1 aliphatic heterocycles. The number of rotatable bonds is 10. The maximum atomic E-state index is 13.1. The molecule has 3 aromatic rings. The van der Waals surface area contributed by atoms with E-state index in [0.717, 1.165) is 23.1 Å². The lowest BCUT2D eigenvalue weighted by Gasteiger charge is -2.14. The summed E-state index contributed by atoms with van der Waals surface area (Å²) < 4.78 is 17.1. The Hall–Kier alpha value is -3.89. The summed E-state index contributed by atoms with van der Waals surface area (Å²) in [5, 5.41) is 11.4. The van der Waals surface area contributed by atoms with Crippen LogP contribution in [0.4, 0.5) is 5.69 Å². The second-order valence-electron chi connectivity index (χ2n) is 7.61. The van der Waals surface area contributed by atoms with Crippen molar-refractivity contribution in [3.63, 3.8) is 0 Å². The summed E-state index contributed by atoms with van der Waals surface area (Å²) in [4.78, 5) is 25.8. The maximum absolute atomic E-state index is 13.1. The lowest BCUT2D eigenvalue weighted by Crippen LogP contribution is -2.27. The zero-order valence-corrected chi connectivity index (χ0v) is 20.9. The number of benzene rings is 3. The topological polar surface area (TPSA) is 91.1 Å². The molecule has 10 heteroatoms. The summed E-state index contributed by atoms with van der Waals surface area (Å²) in [5.74, 6) is 1.52. The molecule has 3 aromatic carbocycles. The molecule has 8 nitrogen and oxygen atoms in total. The van der Waals surface area contributed by atoms with Crippen LogP contribution in [0.25, 0.3) is 6.08 Å². The van der Waals surface area contributed by atoms with Gasteiger partial charge in [0.05, 0.1) is 23.5 Å². The van der Waals surface area contributed by atoms with Crippen molar-refractivity contribution in [3.8, 4) is 17.2 Å². The van der Waals surface area contributed by atoms with Crippen molar-refractivity contribution >= 4 is 46.0 Å². The first-order valence-corrected chi connectivity index (χ1v) is 12.1. The lowest BCUT2D eigenvalue weighted by molar-refractivity contribution is -0.384. The molecule has 1 fully saturated rings. The summed E-state index contributed by atoms with van der Waals surface area (Å²) in [5.41, 5.74) is 1.25. The van der Waals surface area contributed by atoms with Crippen LogP contribution in [0.15, 0.2) is 77.7 Å². The fraction of sp³-hybridized carbons (Fsp3) is 0.154. The highest BCUT2D eigenvalue weighted by Gasteiger charge is 2.32. The highest BCUT2D eigenvalue weighted by molar-refractivity contribution is 8.26. The fourth-order valence-corrected chi connectivity index (χ4v) is 4.67. The van der Waals surface area contributed by atoms with E-state index in [4.69, 9.17) is 26.4 Å². The minimum Gasteiger partial charge on any atom is -0.497 e. The van der Waals surface area contributed by atoms with Crippen LogP contribution in [-0.2, 0) is 11.3 Å². The van der Waals surface area contributed by atoms with Crippen molar-refractivity contribution in [1.82, 2.24) is 4.90 Å². The van der Waals surface area contributed by atoms with Gasteiger partial charge in [-0.05, 0) is 42.0 Å². The molecule has 0 aliphatic carbocycles. The molecule has 0 aromatic heterocycles. The minimum atomic E-state index is -0.492. The van der Waals surface area contributed by atoms with E-state index >= 15 is 0 Å². The number of nitrogens with zero attached hydrogens (tertiary/aromatic N) is 2. The largest absolute Gasteiger partial charge is 0.497 e. The van der Waals surface area contributed by atoms with Gasteiger partial charge >= 0.3 is 0 Å². The van der Waals surface area contributed by atoms with Crippen molar-refractivity contribution in [3.05, 3.63) is 98.9 Å². The Kier molecular flexibility index (Phi) is 8.19. The third-order valence-corrected chi connectivity index (χ3v) is 6.59. The number of ether oxygens (including phenoxy) is 3. The van der Waals surface area contributed by atoms with Gasteiger partial charge in [0, 0.05) is 17.7 Å². The molecule has 0 N–H and O–H groups in total. The summed E-state index contributed by atoms with van der Waals surface area (Å²) in [6.45, 7) is 0.797. The summed E-state index contributed by atoms with van der Waals surface area (Å²) in [6.07, 6.45) is 1.58. The number of nitro benzene ring substituents is 1. The molecule has 184 valence electrons. The average Bonchev–Trinajstić information content (AvgIpc) is 3.15. The molecule has 1 amide bonds. The van der Waals surface area contributed by atoms with Crippen LogP contribution in [-0.4, -0.2) is 40.4 Å².